The predicted octanol–water partition coefficient (Wildman–Crippen LogP) is 6.63. The number of ether oxygens (including phenoxy) is 1. The number of carbonyl (C=O) groups is 1. The number of amides is 1. The van der Waals surface area contributed by atoms with Crippen molar-refractivity contribution in [3.8, 4) is 0 Å². The molecule has 4 aromatic rings. The molecule has 0 aliphatic carbocycles. The molecule has 0 spiro atoms. The van der Waals surface area contributed by atoms with Gasteiger partial charge in [0.2, 0.25) is 8.41 Å². The monoisotopic (exact) mass is 600 g/mol. The van der Waals surface area contributed by atoms with E-state index in [4.69, 9.17) is 4.74 Å². The van der Waals surface area contributed by atoms with Crippen molar-refractivity contribution in [2.24, 2.45) is 5.92 Å². The fraction of sp³-hybridized carbons (Fsp3) is 0.382. The van der Waals surface area contributed by atoms with Crippen LogP contribution >= 0.6 is 0 Å². The molecule has 3 aromatic carbocycles. The van der Waals surface area contributed by atoms with Gasteiger partial charge in [-0.2, -0.15) is 0 Å². The Morgan fingerprint density at radius 2 is 1.67 bits per heavy atom. The van der Waals surface area contributed by atoms with Crippen LogP contribution in [0.2, 0.25) is 18.6 Å². The number of halogens is 1. The minimum Gasteiger partial charge on any atom is -0.395 e. The van der Waals surface area contributed by atoms with Gasteiger partial charge in [-0.3, -0.25) is 9.48 Å². The summed E-state index contributed by atoms with van der Waals surface area (Å²) in [4.78, 5) is 12.5. The smallest absolute Gasteiger partial charge is 0.255 e. The lowest BCUT2D eigenvalue weighted by molar-refractivity contribution is 0.0247. The molecule has 2 heterocycles. The van der Waals surface area contributed by atoms with Gasteiger partial charge in [0.15, 0.2) is 0 Å². The summed E-state index contributed by atoms with van der Waals surface area (Å²) in [5.41, 5.74) is 4.12. The van der Waals surface area contributed by atoms with Gasteiger partial charge in [0.05, 0.1) is 30.4 Å². The number of hydrogen-bond acceptors (Lipinski definition) is 5. The summed E-state index contributed by atoms with van der Waals surface area (Å²) in [5.74, 6) is -0.256. The van der Waals surface area contributed by atoms with E-state index in [9.17, 15) is 9.90 Å². The molecule has 1 saturated heterocycles. The number of aliphatic hydroxyl groups is 1. The van der Waals surface area contributed by atoms with Gasteiger partial charge in [0, 0.05) is 29.5 Å². The lowest BCUT2D eigenvalue weighted by atomic mass is 9.95. The molecule has 5 atom stereocenters. The molecule has 5 rings (SSSR count). The summed E-state index contributed by atoms with van der Waals surface area (Å²) in [6.07, 6.45) is 3.93. The number of nitrogens with one attached hydrogen (secondary N) is 1. The Hall–Kier alpha value is -3.66. The lowest BCUT2D eigenvalue weighted by Gasteiger charge is -2.28. The number of carbonyl (C=O) groups excluding carboxylic acids is 1. The van der Waals surface area contributed by atoms with Crippen molar-refractivity contribution in [1.82, 2.24) is 15.0 Å². The van der Waals surface area contributed by atoms with Gasteiger partial charge >= 0.3 is 0 Å². The second kappa shape index (κ2) is 13.8. The summed E-state index contributed by atoms with van der Waals surface area (Å²) >= 11 is 0. The highest BCUT2D eigenvalue weighted by molar-refractivity contribution is 6.72. The van der Waals surface area contributed by atoms with Gasteiger partial charge in [0.1, 0.15) is 0 Å². The largest absolute Gasteiger partial charge is 0.395 e. The van der Waals surface area contributed by atoms with Gasteiger partial charge in [-0.25, -0.2) is 0 Å². The van der Waals surface area contributed by atoms with Crippen molar-refractivity contribution in [3.63, 3.8) is 0 Å². The molecule has 1 aliphatic rings. The van der Waals surface area contributed by atoms with Crippen molar-refractivity contribution in [1.29, 1.82) is 0 Å². The van der Waals surface area contributed by atoms with E-state index in [1.807, 2.05) is 79.0 Å². The fourth-order valence-electron chi connectivity index (χ4n) is 6.40. The number of aromatic nitrogens is 3. The minimum absolute atomic E-state index is 0.0295. The van der Waals surface area contributed by atoms with E-state index in [2.05, 4.69) is 22.6 Å². The van der Waals surface area contributed by atoms with Crippen molar-refractivity contribution >= 4 is 20.0 Å². The van der Waals surface area contributed by atoms with Crippen molar-refractivity contribution < 1.29 is 18.7 Å². The Bertz CT molecular complexity index is 1460. The first-order chi connectivity index (χ1) is 20.7. The average Bonchev–Trinajstić information content (AvgIpc) is 3.61. The predicted molar refractivity (Wildman–Crippen MR) is 169 cm³/mol. The lowest BCUT2D eigenvalue weighted by Crippen LogP contribution is -2.36. The number of hydrogen-bond donors (Lipinski definition) is 2. The number of aliphatic hydroxyl groups excluding tert-OH is 1. The topological polar surface area (TPSA) is 89.3 Å². The van der Waals surface area contributed by atoms with Gasteiger partial charge < -0.3 is 19.3 Å². The molecule has 1 aromatic heterocycles. The zero-order valence-electron chi connectivity index (χ0n) is 25.1. The maximum Gasteiger partial charge on any atom is 0.255 e. The average molecular weight is 601 g/mol. The van der Waals surface area contributed by atoms with Gasteiger partial charge in [-0.05, 0) is 73.7 Å². The summed E-state index contributed by atoms with van der Waals surface area (Å²) < 4.78 is 24.0. The van der Waals surface area contributed by atoms with Crippen molar-refractivity contribution in [2.45, 2.75) is 69.5 Å². The van der Waals surface area contributed by atoms with Crippen molar-refractivity contribution in [2.75, 3.05) is 11.9 Å². The van der Waals surface area contributed by atoms with Crippen LogP contribution in [0.3, 0.4) is 0 Å². The molecule has 43 heavy (non-hydrogen) atoms. The Morgan fingerprint density at radius 3 is 2.33 bits per heavy atom. The zero-order valence-corrected chi connectivity index (χ0v) is 26.1. The second-order valence-corrected chi connectivity index (χ2v) is 15.9. The van der Waals surface area contributed by atoms with Crippen LogP contribution in [0, 0.1) is 5.92 Å². The first-order valence-electron chi connectivity index (χ1n) is 15.1. The molecule has 226 valence electrons. The molecule has 0 radical (unpaired) electrons. The standard InChI is InChI=1S/C34H41FN4O3Si/c1-24-31(19-16-25-14-17-28(18-15-25)36-34(41)27-12-8-5-9-13-27)42-32(33(24)43(2,3)35)20-21-39-22-30(37-38-39)29(23-40)26-10-6-4-7-11-26/h4-15,17-18,22,24,29,31-33,40H,16,19-21,23H2,1-3H3,(H,36,41)/t24-,29?,31+,32-,33+/m0/s1. The maximum absolute atomic E-state index is 15.6. The van der Waals surface area contributed by atoms with Gasteiger partial charge in [0.25, 0.3) is 5.91 Å². The highest BCUT2D eigenvalue weighted by Gasteiger charge is 2.50. The number of rotatable bonds is 12. The van der Waals surface area contributed by atoms with Crippen LogP contribution in [0.15, 0.2) is 91.1 Å². The Balaban J connectivity index is 1.17. The van der Waals surface area contributed by atoms with E-state index < -0.39 is 8.41 Å². The van der Waals surface area contributed by atoms with E-state index in [1.165, 1.54) is 0 Å². The third-order valence-corrected chi connectivity index (χ3v) is 11.1. The van der Waals surface area contributed by atoms with Crippen LogP contribution in [-0.4, -0.2) is 53.2 Å². The quantitative estimate of drug-likeness (QED) is 0.141. The van der Waals surface area contributed by atoms with Crippen LogP contribution in [0.1, 0.15) is 52.9 Å². The Labute approximate surface area is 254 Å². The molecule has 1 fully saturated rings. The number of nitrogens with zero attached hydrogens (tertiary/aromatic N) is 3. The van der Waals surface area contributed by atoms with Crippen LogP contribution in [0.5, 0.6) is 0 Å². The summed E-state index contributed by atoms with van der Waals surface area (Å²) in [5, 5.41) is 21.6. The number of benzene rings is 3. The summed E-state index contributed by atoms with van der Waals surface area (Å²) in [7, 11) is -3.00. The first kappa shape index (κ1) is 30.8. The van der Waals surface area contributed by atoms with Gasteiger partial charge in [-0.1, -0.05) is 72.8 Å². The normalized spacial score (nSPS) is 21.0. The summed E-state index contributed by atoms with van der Waals surface area (Å²) in [6, 6.07) is 26.8. The second-order valence-electron chi connectivity index (χ2n) is 12.1. The summed E-state index contributed by atoms with van der Waals surface area (Å²) in [6.45, 7) is 6.22. The minimum atomic E-state index is -3.00. The SMILES string of the molecule is C[C@@H]1[C@@H]([Si](C)(C)F)[C@H](CCn2cc(C(CO)c3ccccc3)nn2)O[C@@H]1CCc1ccc(NC(=O)c2ccccc2)cc1. The molecule has 7 nitrogen and oxygen atoms in total. The molecule has 1 unspecified atom stereocenters. The molecule has 2 N–H and O–H groups in total. The van der Waals surface area contributed by atoms with Crippen LogP contribution in [0.25, 0.3) is 0 Å². The van der Waals surface area contributed by atoms with E-state index in [0.717, 1.165) is 35.3 Å². The van der Waals surface area contributed by atoms with E-state index in [0.29, 0.717) is 18.5 Å². The number of anilines is 1. The zero-order chi connectivity index (χ0) is 30.4. The first-order valence-corrected chi connectivity index (χ1v) is 18.0. The molecule has 0 bridgehead atoms. The van der Waals surface area contributed by atoms with Gasteiger partial charge in [-0.15, -0.1) is 5.10 Å². The Kier molecular flexibility index (Phi) is 9.85. The molecular formula is C34H41FN4O3Si. The number of aryl methyl sites for hydroxylation is 2. The molecule has 9 heteroatoms. The van der Waals surface area contributed by atoms with E-state index in [-0.39, 0.29) is 42.1 Å². The molecule has 1 amide bonds. The molecule has 0 saturated carbocycles. The van der Waals surface area contributed by atoms with E-state index in [1.54, 1.807) is 29.9 Å². The van der Waals surface area contributed by atoms with Crippen LogP contribution in [0.4, 0.5) is 9.80 Å². The Morgan fingerprint density at radius 1 is 1.00 bits per heavy atom. The van der Waals surface area contributed by atoms with E-state index >= 15 is 4.11 Å². The third kappa shape index (κ3) is 7.65. The van der Waals surface area contributed by atoms with Crippen molar-refractivity contribution in [3.05, 3.63) is 114 Å². The van der Waals surface area contributed by atoms with Crippen LogP contribution < -0.4 is 5.32 Å². The molecule has 1 aliphatic heterocycles. The maximum atomic E-state index is 15.6. The molecular weight excluding hydrogens is 559 g/mol. The third-order valence-electron chi connectivity index (χ3n) is 8.60. The highest BCUT2D eigenvalue weighted by Crippen LogP contribution is 2.47. The van der Waals surface area contributed by atoms with Crippen LogP contribution in [-0.2, 0) is 17.7 Å². The fourth-order valence-corrected chi connectivity index (χ4v) is 9.00. The highest BCUT2D eigenvalue weighted by atomic mass is 28.4.